The Balaban J connectivity index is 2.48. The van der Waals surface area contributed by atoms with E-state index in [0.717, 1.165) is 0 Å². The highest BCUT2D eigenvalue weighted by Crippen LogP contribution is 2.30. The van der Waals surface area contributed by atoms with E-state index in [1.807, 2.05) is 0 Å². The second-order valence-corrected chi connectivity index (χ2v) is 4.93. The zero-order valence-electron chi connectivity index (χ0n) is 11.4. The van der Waals surface area contributed by atoms with Crippen LogP contribution < -0.4 is 0 Å². The van der Waals surface area contributed by atoms with E-state index in [1.165, 1.54) is 0 Å². The van der Waals surface area contributed by atoms with Gasteiger partial charge in [0.25, 0.3) is 0 Å². The number of carbonyl (C=O) groups is 2. The summed E-state index contributed by atoms with van der Waals surface area (Å²) in [5, 5.41) is 17.9. The van der Waals surface area contributed by atoms with Crippen molar-refractivity contribution in [1.82, 2.24) is 4.90 Å². The second kappa shape index (κ2) is 8.12. The van der Waals surface area contributed by atoms with E-state index in [2.05, 4.69) is 0 Å². The maximum absolute atomic E-state index is 12.3. The summed E-state index contributed by atoms with van der Waals surface area (Å²) in [5.41, 5.74) is 0. The molecule has 0 unspecified atom stereocenters. The van der Waals surface area contributed by atoms with Crippen molar-refractivity contribution in [3.8, 4) is 0 Å². The quantitative estimate of drug-likeness (QED) is 0.698. The lowest BCUT2D eigenvalue weighted by molar-refractivity contribution is -0.146. The molecule has 0 spiro atoms. The van der Waals surface area contributed by atoms with Crippen LogP contribution >= 0.6 is 0 Å². The summed E-state index contributed by atoms with van der Waals surface area (Å²) in [4.78, 5) is 24.8. The molecule has 1 amide bonds. The number of nitrogens with zero attached hydrogens (tertiary/aromatic N) is 1. The normalized spacial score (nSPS) is 23.1. The van der Waals surface area contributed by atoms with Crippen LogP contribution in [0, 0.1) is 11.8 Å². The highest BCUT2D eigenvalue weighted by atomic mass is 16.5. The Morgan fingerprint density at radius 3 is 2.21 bits per heavy atom. The van der Waals surface area contributed by atoms with Crippen LogP contribution in [0.25, 0.3) is 0 Å². The Kier molecular flexibility index (Phi) is 6.80. The third-order valence-electron chi connectivity index (χ3n) is 3.67. The van der Waals surface area contributed by atoms with Gasteiger partial charge in [-0.05, 0) is 25.7 Å². The molecule has 0 radical (unpaired) electrons. The number of hydrogen-bond acceptors (Lipinski definition) is 4. The van der Waals surface area contributed by atoms with Gasteiger partial charge in [0.2, 0.25) is 5.91 Å². The lowest BCUT2D eigenvalue weighted by Crippen LogP contribution is -2.41. The molecule has 0 bridgehead atoms. The number of rotatable bonds is 7. The molecule has 1 rings (SSSR count). The maximum atomic E-state index is 12.3. The molecule has 0 heterocycles. The van der Waals surface area contributed by atoms with Gasteiger partial charge in [-0.25, -0.2) is 0 Å². The monoisotopic (exact) mass is 273 g/mol. The van der Waals surface area contributed by atoms with Gasteiger partial charge >= 0.3 is 5.97 Å². The van der Waals surface area contributed by atoms with Crippen molar-refractivity contribution in [2.75, 3.05) is 33.4 Å². The Morgan fingerprint density at radius 2 is 1.74 bits per heavy atom. The first-order chi connectivity index (χ1) is 9.10. The minimum absolute atomic E-state index is 0.00920. The van der Waals surface area contributed by atoms with Crippen LogP contribution in [0.2, 0.25) is 0 Å². The van der Waals surface area contributed by atoms with E-state index in [-0.39, 0.29) is 24.3 Å². The van der Waals surface area contributed by atoms with Crippen LogP contribution in [-0.4, -0.2) is 60.4 Å². The van der Waals surface area contributed by atoms with Crippen molar-refractivity contribution in [2.45, 2.75) is 25.7 Å². The number of aliphatic hydroxyl groups excluding tert-OH is 1. The number of carboxylic acids is 1. The predicted molar refractivity (Wildman–Crippen MR) is 68.6 cm³/mol. The first-order valence-corrected chi connectivity index (χ1v) is 6.71. The maximum Gasteiger partial charge on any atom is 0.306 e. The largest absolute Gasteiger partial charge is 0.481 e. The van der Waals surface area contributed by atoms with Crippen LogP contribution in [0.3, 0.4) is 0 Å². The molecule has 0 aliphatic heterocycles. The van der Waals surface area contributed by atoms with Crippen molar-refractivity contribution in [3.63, 3.8) is 0 Å². The van der Waals surface area contributed by atoms with Crippen LogP contribution in [-0.2, 0) is 14.3 Å². The zero-order valence-corrected chi connectivity index (χ0v) is 11.4. The summed E-state index contributed by atoms with van der Waals surface area (Å²) in [6.07, 6.45) is 2.35. The lowest BCUT2D eigenvalue weighted by atomic mass is 9.81. The number of amides is 1. The molecule has 1 aliphatic rings. The molecule has 0 aromatic carbocycles. The van der Waals surface area contributed by atoms with Crippen LogP contribution in [0.1, 0.15) is 25.7 Å². The fraction of sp³-hybridized carbons (Fsp3) is 0.846. The zero-order chi connectivity index (χ0) is 14.3. The van der Waals surface area contributed by atoms with Gasteiger partial charge < -0.3 is 19.8 Å². The molecule has 6 nitrogen and oxygen atoms in total. The summed E-state index contributed by atoms with van der Waals surface area (Å²) in [6, 6.07) is 0. The number of ether oxygens (including phenoxy) is 1. The standard InChI is InChI=1S/C13H23NO5/c1-19-9-7-14(6-8-15)12(16)10-2-4-11(5-3-10)13(17)18/h10-11,15H,2-9H2,1H3,(H,17,18). The van der Waals surface area contributed by atoms with Crippen molar-refractivity contribution >= 4 is 11.9 Å². The van der Waals surface area contributed by atoms with Gasteiger partial charge in [-0.15, -0.1) is 0 Å². The molecule has 0 aromatic rings. The van der Waals surface area contributed by atoms with Gasteiger partial charge in [0.05, 0.1) is 19.1 Å². The SMILES string of the molecule is COCCN(CCO)C(=O)C1CCC(C(=O)O)CC1. The van der Waals surface area contributed by atoms with Gasteiger partial charge in [-0.3, -0.25) is 9.59 Å². The number of aliphatic carboxylic acids is 1. The summed E-state index contributed by atoms with van der Waals surface area (Å²) in [7, 11) is 1.57. The minimum Gasteiger partial charge on any atom is -0.481 e. The predicted octanol–water partition coefficient (Wildman–Crippen LogP) is 0.345. The Bertz CT molecular complexity index is 299. The average Bonchev–Trinajstić information content (AvgIpc) is 2.42. The highest BCUT2D eigenvalue weighted by Gasteiger charge is 2.31. The van der Waals surface area contributed by atoms with E-state index in [1.54, 1.807) is 12.0 Å². The van der Waals surface area contributed by atoms with Gasteiger partial charge in [-0.1, -0.05) is 0 Å². The topological polar surface area (TPSA) is 87.1 Å². The lowest BCUT2D eigenvalue weighted by Gasteiger charge is -2.30. The molecule has 0 aromatic heterocycles. The summed E-state index contributed by atoms with van der Waals surface area (Å²) in [6.45, 7) is 1.14. The van der Waals surface area contributed by atoms with Crippen molar-refractivity contribution in [2.24, 2.45) is 11.8 Å². The average molecular weight is 273 g/mol. The summed E-state index contributed by atoms with van der Waals surface area (Å²) in [5.74, 6) is -1.18. The molecule has 0 atom stereocenters. The summed E-state index contributed by atoms with van der Waals surface area (Å²) < 4.78 is 4.95. The third-order valence-corrected chi connectivity index (χ3v) is 3.67. The first-order valence-electron chi connectivity index (χ1n) is 6.71. The second-order valence-electron chi connectivity index (χ2n) is 4.93. The molecule has 2 N–H and O–H groups in total. The molecular formula is C13H23NO5. The molecule has 1 aliphatic carbocycles. The van der Waals surface area contributed by atoms with E-state index in [9.17, 15) is 9.59 Å². The smallest absolute Gasteiger partial charge is 0.306 e. The Hall–Kier alpha value is -1.14. The molecule has 110 valence electrons. The number of carboxylic acid groups (broad SMARTS) is 1. The van der Waals surface area contributed by atoms with Crippen LogP contribution in [0.5, 0.6) is 0 Å². The van der Waals surface area contributed by atoms with E-state index in [4.69, 9.17) is 14.9 Å². The Labute approximate surface area is 113 Å². The van der Waals surface area contributed by atoms with Gasteiger partial charge in [0, 0.05) is 26.1 Å². The van der Waals surface area contributed by atoms with E-state index >= 15 is 0 Å². The number of hydrogen-bond donors (Lipinski definition) is 2. The third kappa shape index (κ3) is 4.80. The molecule has 6 heteroatoms. The molecule has 19 heavy (non-hydrogen) atoms. The minimum atomic E-state index is -0.766. The molecule has 1 saturated carbocycles. The fourth-order valence-electron chi connectivity index (χ4n) is 2.50. The molecule has 0 saturated heterocycles. The Morgan fingerprint density at radius 1 is 1.16 bits per heavy atom. The molecule has 1 fully saturated rings. The molecular weight excluding hydrogens is 250 g/mol. The number of aliphatic hydroxyl groups is 1. The van der Waals surface area contributed by atoms with Gasteiger partial charge in [0.1, 0.15) is 0 Å². The van der Waals surface area contributed by atoms with Crippen LogP contribution in [0.15, 0.2) is 0 Å². The fourth-order valence-corrected chi connectivity index (χ4v) is 2.50. The van der Waals surface area contributed by atoms with Crippen molar-refractivity contribution in [1.29, 1.82) is 0 Å². The number of carbonyl (C=O) groups excluding carboxylic acids is 1. The van der Waals surface area contributed by atoms with Gasteiger partial charge in [-0.2, -0.15) is 0 Å². The first kappa shape index (κ1) is 15.9. The van der Waals surface area contributed by atoms with E-state index < -0.39 is 5.97 Å². The van der Waals surface area contributed by atoms with Crippen molar-refractivity contribution < 1.29 is 24.5 Å². The van der Waals surface area contributed by atoms with Crippen LogP contribution in [0.4, 0.5) is 0 Å². The van der Waals surface area contributed by atoms with Gasteiger partial charge in [0.15, 0.2) is 0 Å². The van der Waals surface area contributed by atoms with Crippen molar-refractivity contribution in [3.05, 3.63) is 0 Å². The number of methoxy groups -OCH3 is 1. The van der Waals surface area contributed by atoms with E-state index in [0.29, 0.717) is 45.4 Å². The highest BCUT2D eigenvalue weighted by molar-refractivity contribution is 5.79. The summed E-state index contributed by atoms with van der Waals surface area (Å²) >= 11 is 0.